The van der Waals surface area contributed by atoms with E-state index in [1.807, 2.05) is 26.8 Å². The number of phenols is 1. The normalized spacial score (nSPS) is 17.5. The third kappa shape index (κ3) is 5.64. The van der Waals surface area contributed by atoms with Crippen molar-refractivity contribution in [3.8, 4) is 5.75 Å². The molecular formula is C22H29Cl2N3O3S. The number of rotatable bonds is 5. The smallest absolute Gasteiger partial charge is 0.252 e. The number of phenolic OH excluding ortho intramolecular Hbond substituents is 1. The van der Waals surface area contributed by atoms with E-state index in [2.05, 4.69) is 9.62 Å². The molecule has 3 rings (SSSR count). The van der Waals surface area contributed by atoms with E-state index in [9.17, 15) is 14.1 Å². The Balaban J connectivity index is 1.85. The van der Waals surface area contributed by atoms with Crippen LogP contribution in [0.1, 0.15) is 45.2 Å². The summed E-state index contributed by atoms with van der Waals surface area (Å²) in [7, 11) is 0.395. The van der Waals surface area contributed by atoms with E-state index in [1.54, 1.807) is 29.9 Å². The number of halogens is 2. The lowest BCUT2D eigenvalue weighted by molar-refractivity contribution is 0.321. The predicted molar refractivity (Wildman–Crippen MR) is 129 cm³/mol. The first kappa shape index (κ1) is 24.1. The van der Waals surface area contributed by atoms with Crippen molar-refractivity contribution in [3.05, 3.63) is 56.4 Å². The molecule has 0 amide bonds. The topological polar surface area (TPSA) is 74.6 Å². The third-order valence-corrected chi connectivity index (χ3v) is 7.96. The number of benzene rings is 1. The highest BCUT2D eigenvalue weighted by Gasteiger charge is 2.33. The van der Waals surface area contributed by atoms with Crippen molar-refractivity contribution in [3.63, 3.8) is 0 Å². The van der Waals surface area contributed by atoms with Gasteiger partial charge in [0.25, 0.3) is 5.56 Å². The van der Waals surface area contributed by atoms with Crippen LogP contribution in [-0.2, 0) is 18.0 Å². The van der Waals surface area contributed by atoms with Gasteiger partial charge in [-0.05, 0) is 51.7 Å². The highest BCUT2D eigenvalue weighted by atomic mass is 35.5. The molecule has 1 fully saturated rings. The molecule has 0 saturated carbocycles. The zero-order valence-corrected chi connectivity index (χ0v) is 20.5. The molecule has 2 atom stereocenters. The second-order valence-corrected chi connectivity index (χ2v) is 11.8. The Morgan fingerprint density at radius 3 is 2.35 bits per heavy atom. The lowest BCUT2D eigenvalue weighted by atomic mass is 9.85. The van der Waals surface area contributed by atoms with Crippen LogP contribution in [0.25, 0.3) is 0 Å². The first-order valence-corrected chi connectivity index (χ1v) is 12.2. The molecule has 170 valence electrons. The summed E-state index contributed by atoms with van der Waals surface area (Å²) >= 11 is 12.3. The Morgan fingerprint density at radius 2 is 1.77 bits per heavy atom. The van der Waals surface area contributed by atoms with Gasteiger partial charge in [-0.1, -0.05) is 23.2 Å². The highest BCUT2D eigenvalue weighted by Crippen LogP contribution is 2.40. The molecule has 1 aromatic heterocycles. The lowest BCUT2D eigenvalue weighted by Crippen LogP contribution is -2.43. The van der Waals surface area contributed by atoms with Crippen molar-refractivity contribution in [1.82, 2.24) is 9.29 Å². The molecule has 0 radical (unpaired) electrons. The fraction of sp³-hybridized carbons (Fsp3) is 0.500. The number of nitrogens with zero attached hydrogens (tertiary/aromatic N) is 2. The molecule has 1 aliphatic heterocycles. The van der Waals surface area contributed by atoms with Gasteiger partial charge in [-0.2, -0.15) is 0 Å². The number of aromatic nitrogens is 1. The van der Waals surface area contributed by atoms with E-state index in [1.165, 1.54) is 6.07 Å². The summed E-state index contributed by atoms with van der Waals surface area (Å²) in [6.07, 6.45) is 3.37. The minimum atomic E-state index is -1.34. The van der Waals surface area contributed by atoms with Crippen molar-refractivity contribution in [2.24, 2.45) is 13.0 Å². The highest BCUT2D eigenvalue weighted by molar-refractivity contribution is 7.84. The molecule has 1 saturated heterocycles. The molecule has 6 nitrogen and oxygen atoms in total. The van der Waals surface area contributed by atoms with E-state index in [0.29, 0.717) is 10.6 Å². The molecule has 0 unspecified atom stereocenters. The molecule has 0 spiro atoms. The summed E-state index contributed by atoms with van der Waals surface area (Å²) in [5.74, 6) is 0.157. The summed E-state index contributed by atoms with van der Waals surface area (Å²) in [6.45, 7) is 7.21. The first-order valence-electron chi connectivity index (χ1n) is 10.2. The van der Waals surface area contributed by atoms with Crippen LogP contribution in [0.15, 0.2) is 35.3 Å². The molecule has 2 heterocycles. The van der Waals surface area contributed by atoms with Gasteiger partial charge in [0.05, 0.1) is 31.8 Å². The Kier molecular flexibility index (Phi) is 7.41. The minimum Gasteiger partial charge on any atom is -0.508 e. The maximum absolute atomic E-state index is 12.9. The van der Waals surface area contributed by atoms with E-state index in [4.69, 9.17) is 23.2 Å². The summed E-state index contributed by atoms with van der Waals surface area (Å²) in [5, 5.41) is 11.2. The van der Waals surface area contributed by atoms with Gasteiger partial charge < -0.3 is 14.6 Å². The molecule has 1 aromatic carbocycles. The number of hydrogen-bond acceptors (Lipinski definition) is 4. The Bertz CT molecular complexity index is 1030. The van der Waals surface area contributed by atoms with Crippen LogP contribution in [0.5, 0.6) is 5.75 Å². The van der Waals surface area contributed by atoms with Gasteiger partial charge in [-0.25, -0.2) is 8.93 Å². The van der Waals surface area contributed by atoms with Gasteiger partial charge in [0.2, 0.25) is 0 Å². The largest absolute Gasteiger partial charge is 0.508 e. The van der Waals surface area contributed by atoms with Gasteiger partial charge in [0.15, 0.2) is 0 Å². The summed E-state index contributed by atoms with van der Waals surface area (Å²) in [6, 6.07) is 6.33. The number of piperidine rings is 1. The van der Waals surface area contributed by atoms with Crippen molar-refractivity contribution in [2.75, 3.05) is 18.0 Å². The van der Waals surface area contributed by atoms with E-state index >= 15 is 0 Å². The van der Waals surface area contributed by atoms with Crippen LogP contribution in [0.4, 0.5) is 5.69 Å². The maximum atomic E-state index is 12.9. The molecule has 1 aliphatic rings. The molecule has 0 bridgehead atoms. The number of aromatic hydroxyl groups is 1. The second kappa shape index (κ2) is 9.53. The molecule has 2 aromatic rings. The van der Waals surface area contributed by atoms with Gasteiger partial charge >= 0.3 is 0 Å². The first-order chi connectivity index (χ1) is 14.5. The van der Waals surface area contributed by atoms with Crippen molar-refractivity contribution in [2.45, 2.75) is 44.4 Å². The summed E-state index contributed by atoms with van der Waals surface area (Å²) in [5.41, 5.74) is 1.46. The molecular weight excluding hydrogens is 457 g/mol. The van der Waals surface area contributed by atoms with Crippen LogP contribution in [0.3, 0.4) is 0 Å². The van der Waals surface area contributed by atoms with Gasteiger partial charge in [0, 0.05) is 49.7 Å². The number of pyridine rings is 1. The molecule has 0 aliphatic carbocycles. The monoisotopic (exact) mass is 485 g/mol. The standard InChI is InChI=1S/C22H29Cl2N3O3S/c1-22(2,3)31(30)25-21(16-12-17(23)18(24)13-19(16)28)14-5-9-27(10-6-14)15-7-8-26(4)20(29)11-15/h7-8,11-14,21,25,28H,5-6,9-10H2,1-4H3/t21-,31+/m1/s1. The predicted octanol–water partition coefficient (Wildman–Crippen LogP) is 4.41. The van der Waals surface area contributed by atoms with Crippen LogP contribution in [0, 0.1) is 5.92 Å². The van der Waals surface area contributed by atoms with Crippen LogP contribution in [-0.4, -0.2) is 31.7 Å². The average Bonchev–Trinajstić information content (AvgIpc) is 2.70. The summed E-state index contributed by atoms with van der Waals surface area (Å²) in [4.78, 5) is 14.2. The van der Waals surface area contributed by atoms with Crippen LogP contribution < -0.4 is 15.2 Å². The van der Waals surface area contributed by atoms with Crippen molar-refractivity contribution in [1.29, 1.82) is 0 Å². The SMILES string of the molecule is Cn1ccc(N2CCC([C@@H](N[S@@](=O)C(C)(C)C)c3cc(Cl)c(Cl)cc3O)CC2)cc1=O. The fourth-order valence-corrected chi connectivity index (χ4v) is 4.97. The van der Waals surface area contributed by atoms with Gasteiger partial charge in [-0.3, -0.25) is 4.79 Å². The number of nitrogens with one attached hydrogen (secondary N) is 1. The Labute approximate surface area is 195 Å². The number of hydrogen-bond donors (Lipinski definition) is 2. The number of anilines is 1. The summed E-state index contributed by atoms with van der Waals surface area (Å²) < 4.78 is 17.2. The zero-order valence-electron chi connectivity index (χ0n) is 18.2. The minimum absolute atomic E-state index is 0.0341. The second-order valence-electron chi connectivity index (χ2n) is 8.96. The zero-order chi connectivity index (χ0) is 22.9. The molecule has 2 N–H and O–H groups in total. The third-order valence-electron chi connectivity index (χ3n) is 5.66. The van der Waals surface area contributed by atoms with Crippen molar-refractivity contribution >= 4 is 39.9 Å². The van der Waals surface area contributed by atoms with Crippen LogP contribution in [0.2, 0.25) is 10.0 Å². The lowest BCUT2D eigenvalue weighted by Gasteiger charge is -2.38. The molecule has 31 heavy (non-hydrogen) atoms. The maximum Gasteiger partial charge on any atom is 0.252 e. The van der Waals surface area contributed by atoms with E-state index < -0.39 is 15.7 Å². The quantitative estimate of drug-likeness (QED) is 0.657. The Hall–Kier alpha value is -1.54. The van der Waals surface area contributed by atoms with E-state index in [0.717, 1.165) is 31.6 Å². The number of aryl methyl sites for hydroxylation is 1. The van der Waals surface area contributed by atoms with Gasteiger partial charge in [0.1, 0.15) is 5.75 Å². The van der Waals surface area contributed by atoms with Crippen LogP contribution >= 0.6 is 23.2 Å². The van der Waals surface area contributed by atoms with Crippen molar-refractivity contribution < 1.29 is 9.32 Å². The van der Waals surface area contributed by atoms with Gasteiger partial charge in [-0.15, -0.1) is 0 Å². The van der Waals surface area contributed by atoms with E-state index in [-0.39, 0.29) is 28.3 Å². The Morgan fingerprint density at radius 1 is 1.16 bits per heavy atom. The fourth-order valence-electron chi connectivity index (χ4n) is 3.73. The average molecular weight is 486 g/mol. The molecule has 9 heteroatoms.